The van der Waals surface area contributed by atoms with Crippen molar-refractivity contribution in [2.45, 2.75) is 30.1 Å². The van der Waals surface area contributed by atoms with E-state index in [1.165, 1.54) is 31.1 Å². The zero-order valence-electron chi connectivity index (χ0n) is 10.6. The molecule has 1 N–H and O–H groups in total. The maximum absolute atomic E-state index is 11.4. The minimum Gasteiger partial charge on any atom is -0.316 e. The molecule has 18 heavy (non-hydrogen) atoms. The van der Waals surface area contributed by atoms with Crippen LogP contribution in [0.3, 0.4) is 0 Å². The van der Waals surface area contributed by atoms with Crippen LogP contribution in [0.5, 0.6) is 0 Å². The second kappa shape index (κ2) is 4.07. The van der Waals surface area contributed by atoms with Crippen LogP contribution in [0.1, 0.15) is 30.7 Å². The molecule has 1 aromatic rings. The number of nitrogens with one attached hydrogen (secondary N) is 1. The van der Waals surface area contributed by atoms with Crippen molar-refractivity contribution in [1.82, 2.24) is 5.32 Å². The fourth-order valence-corrected chi connectivity index (χ4v) is 3.91. The largest absolute Gasteiger partial charge is 0.316 e. The highest BCUT2D eigenvalue weighted by Gasteiger charge is 2.43. The molecule has 1 unspecified atom stereocenters. The van der Waals surface area contributed by atoms with Crippen molar-refractivity contribution in [1.29, 1.82) is 0 Å². The lowest BCUT2D eigenvalue weighted by Crippen LogP contribution is -2.51. The molecule has 1 aromatic carbocycles. The standard InChI is InChI=1S/C14H19NO2S/c1-18(16,17)13-4-2-11(3-5-13)12-6-7-14(8-12)9-15-10-14/h2-5,12,15H,6-10H2,1H3. The van der Waals surface area contributed by atoms with Crippen LogP contribution in [-0.2, 0) is 9.84 Å². The van der Waals surface area contributed by atoms with Crippen LogP contribution in [0.4, 0.5) is 0 Å². The summed E-state index contributed by atoms with van der Waals surface area (Å²) in [6.45, 7) is 2.32. The summed E-state index contributed by atoms with van der Waals surface area (Å²) < 4.78 is 22.8. The predicted octanol–water partition coefficient (Wildman–Crippen LogP) is 1.95. The van der Waals surface area contributed by atoms with E-state index in [9.17, 15) is 8.42 Å². The fourth-order valence-electron chi connectivity index (χ4n) is 3.28. The molecule has 1 heterocycles. The Morgan fingerprint density at radius 3 is 2.33 bits per heavy atom. The number of rotatable bonds is 2. The molecule has 2 fully saturated rings. The molecular weight excluding hydrogens is 246 g/mol. The minimum absolute atomic E-state index is 0.421. The Balaban J connectivity index is 1.78. The smallest absolute Gasteiger partial charge is 0.175 e. The molecule has 0 amide bonds. The highest BCUT2D eigenvalue weighted by atomic mass is 32.2. The van der Waals surface area contributed by atoms with Gasteiger partial charge in [-0.15, -0.1) is 0 Å². The molecule has 98 valence electrons. The number of hydrogen-bond donors (Lipinski definition) is 1. The molecule has 0 aromatic heterocycles. The minimum atomic E-state index is -3.07. The summed E-state index contributed by atoms with van der Waals surface area (Å²) in [7, 11) is -3.07. The molecule has 0 radical (unpaired) electrons. The van der Waals surface area contributed by atoms with Crippen LogP contribution in [0.15, 0.2) is 29.2 Å². The fraction of sp³-hybridized carbons (Fsp3) is 0.571. The summed E-state index contributed by atoms with van der Waals surface area (Å²) in [6, 6.07) is 7.47. The molecule has 1 atom stereocenters. The quantitative estimate of drug-likeness (QED) is 0.889. The molecule has 3 nitrogen and oxygen atoms in total. The lowest BCUT2D eigenvalue weighted by atomic mass is 9.79. The highest BCUT2D eigenvalue weighted by molar-refractivity contribution is 7.90. The Labute approximate surface area is 109 Å². The summed E-state index contributed by atoms with van der Waals surface area (Å²) in [5.41, 5.74) is 1.84. The predicted molar refractivity (Wildman–Crippen MR) is 71.4 cm³/mol. The van der Waals surface area contributed by atoms with E-state index in [-0.39, 0.29) is 0 Å². The van der Waals surface area contributed by atoms with E-state index >= 15 is 0 Å². The third-order valence-corrected chi connectivity index (χ3v) is 5.61. The van der Waals surface area contributed by atoms with Crippen molar-refractivity contribution in [2.75, 3.05) is 19.3 Å². The highest BCUT2D eigenvalue weighted by Crippen LogP contribution is 2.48. The van der Waals surface area contributed by atoms with E-state index in [1.807, 2.05) is 12.1 Å². The molecular formula is C14H19NO2S. The Morgan fingerprint density at radius 2 is 1.89 bits per heavy atom. The van der Waals surface area contributed by atoms with Crippen molar-refractivity contribution in [2.24, 2.45) is 5.41 Å². The zero-order valence-corrected chi connectivity index (χ0v) is 11.5. The van der Waals surface area contributed by atoms with Crippen molar-refractivity contribution in [3.63, 3.8) is 0 Å². The number of benzene rings is 1. The van der Waals surface area contributed by atoms with Gasteiger partial charge >= 0.3 is 0 Å². The second-order valence-corrected chi connectivity index (χ2v) is 7.90. The van der Waals surface area contributed by atoms with Gasteiger partial charge in [0.15, 0.2) is 9.84 Å². The first kappa shape index (κ1) is 12.2. The van der Waals surface area contributed by atoms with Crippen molar-refractivity contribution in [3.8, 4) is 0 Å². The lowest BCUT2D eigenvalue weighted by molar-refractivity contribution is 0.175. The third kappa shape index (κ3) is 2.08. The maximum atomic E-state index is 11.4. The van der Waals surface area contributed by atoms with E-state index in [0.29, 0.717) is 16.2 Å². The van der Waals surface area contributed by atoms with Crippen LogP contribution < -0.4 is 5.32 Å². The third-order valence-electron chi connectivity index (χ3n) is 4.48. The summed E-state index contributed by atoms with van der Waals surface area (Å²) in [4.78, 5) is 0.421. The van der Waals surface area contributed by atoms with Crippen molar-refractivity contribution < 1.29 is 8.42 Å². The molecule has 1 saturated heterocycles. The van der Waals surface area contributed by atoms with Gasteiger partial charge < -0.3 is 5.32 Å². The molecule has 0 bridgehead atoms. The van der Waals surface area contributed by atoms with Crippen LogP contribution >= 0.6 is 0 Å². The topological polar surface area (TPSA) is 46.2 Å². The molecule has 3 rings (SSSR count). The van der Waals surface area contributed by atoms with Gasteiger partial charge in [-0.1, -0.05) is 12.1 Å². The van der Waals surface area contributed by atoms with Gasteiger partial charge in [0.25, 0.3) is 0 Å². The Kier molecular flexibility index (Phi) is 2.75. The van der Waals surface area contributed by atoms with E-state index in [4.69, 9.17) is 0 Å². The number of hydrogen-bond acceptors (Lipinski definition) is 3. The van der Waals surface area contributed by atoms with E-state index in [1.54, 1.807) is 12.1 Å². The molecule has 1 spiro atoms. The first-order valence-electron chi connectivity index (χ1n) is 6.49. The monoisotopic (exact) mass is 265 g/mol. The maximum Gasteiger partial charge on any atom is 0.175 e. The summed E-state index contributed by atoms with van der Waals surface area (Å²) in [5, 5.41) is 3.37. The normalized spacial score (nSPS) is 26.2. The molecule has 1 aliphatic carbocycles. The first-order valence-corrected chi connectivity index (χ1v) is 8.38. The SMILES string of the molecule is CS(=O)(=O)c1ccc(C2CCC3(CNC3)C2)cc1. The first-order chi connectivity index (χ1) is 8.49. The van der Waals surface area contributed by atoms with Gasteiger partial charge in [-0.3, -0.25) is 0 Å². The van der Waals surface area contributed by atoms with Gasteiger partial charge in [0.2, 0.25) is 0 Å². The average molecular weight is 265 g/mol. The van der Waals surface area contributed by atoms with E-state index < -0.39 is 9.84 Å². The summed E-state index contributed by atoms with van der Waals surface area (Å²) in [5.74, 6) is 0.612. The molecule has 1 saturated carbocycles. The Bertz CT molecular complexity index is 544. The zero-order chi connectivity index (χ0) is 12.8. The van der Waals surface area contributed by atoms with Gasteiger partial charge in [0.1, 0.15) is 0 Å². The second-order valence-electron chi connectivity index (χ2n) is 5.88. The molecule has 4 heteroatoms. The van der Waals surface area contributed by atoms with Gasteiger partial charge in [-0.25, -0.2) is 8.42 Å². The van der Waals surface area contributed by atoms with Gasteiger partial charge in [0.05, 0.1) is 4.90 Å². The Morgan fingerprint density at radius 1 is 1.22 bits per heavy atom. The van der Waals surface area contributed by atoms with Gasteiger partial charge in [-0.05, 0) is 48.3 Å². The van der Waals surface area contributed by atoms with Crippen LogP contribution in [0.25, 0.3) is 0 Å². The van der Waals surface area contributed by atoms with E-state index in [2.05, 4.69) is 5.32 Å². The summed E-state index contributed by atoms with van der Waals surface area (Å²) >= 11 is 0. The van der Waals surface area contributed by atoms with Gasteiger partial charge in [-0.2, -0.15) is 0 Å². The van der Waals surface area contributed by atoms with Crippen molar-refractivity contribution in [3.05, 3.63) is 29.8 Å². The number of sulfone groups is 1. The average Bonchev–Trinajstić information content (AvgIpc) is 2.73. The lowest BCUT2D eigenvalue weighted by Gasteiger charge is -2.39. The van der Waals surface area contributed by atoms with Crippen LogP contribution in [0, 0.1) is 5.41 Å². The van der Waals surface area contributed by atoms with E-state index in [0.717, 1.165) is 13.1 Å². The van der Waals surface area contributed by atoms with Crippen LogP contribution in [0.2, 0.25) is 0 Å². The summed E-state index contributed by atoms with van der Waals surface area (Å²) in [6.07, 6.45) is 5.04. The van der Waals surface area contributed by atoms with Gasteiger partial charge in [0, 0.05) is 19.3 Å². The Hall–Kier alpha value is -0.870. The van der Waals surface area contributed by atoms with Crippen molar-refractivity contribution >= 4 is 9.84 Å². The molecule has 1 aliphatic heterocycles. The molecule has 2 aliphatic rings. The van der Waals surface area contributed by atoms with Crippen LogP contribution in [-0.4, -0.2) is 27.8 Å².